The number of halogens is 6. The minimum atomic E-state index is -6.65. The van der Waals surface area contributed by atoms with Gasteiger partial charge in [0.15, 0.2) is 0 Å². The fourth-order valence-electron chi connectivity index (χ4n) is 1.36. The van der Waals surface area contributed by atoms with E-state index in [9.17, 15) is 26.1 Å². The van der Waals surface area contributed by atoms with Crippen LogP contribution in [0.4, 0.5) is 26.1 Å². The highest BCUT2D eigenvalue weighted by Crippen LogP contribution is 2.31. The SMILES string of the molecule is CCCCCCn1cc[n+](C)c1.F[B-](F)(F)C(F)(F)F. The Bertz CT molecular complexity index is 360. The number of rotatable bonds is 5. The van der Waals surface area contributed by atoms with Gasteiger partial charge in [0.2, 0.25) is 6.33 Å². The number of aryl methyl sites for hydroxylation is 2. The molecule has 2 nitrogen and oxygen atoms in total. The second-order valence-electron chi connectivity index (χ2n) is 4.49. The van der Waals surface area contributed by atoms with Crippen molar-refractivity contribution in [2.45, 2.75) is 45.2 Å². The minimum Gasteiger partial charge on any atom is -0.443 e. The molecule has 1 rings (SSSR count). The summed E-state index contributed by atoms with van der Waals surface area (Å²) in [5.74, 6) is 0. The van der Waals surface area contributed by atoms with Crippen molar-refractivity contribution in [3.05, 3.63) is 18.7 Å². The third kappa shape index (κ3) is 8.11. The molecule has 0 radical (unpaired) electrons. The quantitative estimate of drug-likeness (QED) is 0.338. The molecule has 0 fully saturated rings. The Balaban J connectivity index is 0.000000396. The van der Waals surface area contributed by atoms with Gasteiger partial charge >= 0.3 is 13.1 Å². The molecule has 1 aromatic rings. The third-order valence-corrected chi connectivity index (χ3v) is 2.46. The van der Waals surface area contributed by atoms with Gasteiger partial charge in [0.05, 0.1) is 13.6 Å². The van der Waals surface area contributed by atoms with Crippen LogP contribution in [0, 0.1) is 0 Å². The normalized spacial score (nSPS) is 12.0. The van der Waals surface area contributed by atoms with E-state index in [1.807, 2.05) is 0 Å². The van der Waals surface area contributed by atoms with Crippen LogP contribution < -0.4 is 4.57 Å². The van der Waals surface area contributed by atoms with Crippen molar-refractivity contribution < 1.29 is 30.7 Å². The Hall–Kier alpha value is -1.15. The zero-order chi connectivity index (χ0) is 15.8. The van der Waals surface area contributed by atoms with Gasteiger partial charge in [0, 0.05) is 0 Å². The smallest absolute Gasteiger partial charge is 0.443 e. The van der Waals surface area contributed by atoms with E-state index in [4.69, 9.17) is 0 Å². The van der Waals surface area contributed by atoms with Crippen LogP contribution in [-0.4, -0.2) is 17.6 Å². The molecule has 0 unspecified atom stereocenters. The van der Waals surface area contributed by atoms with Crippen LogP contribution in [0.15, 0.2) is 18.7 Å². The zero-order valence-corrected chi connectivity index (χ0v) is 11.5. The molecule has 0 saturated carbocycles. The van der Waals surface area contributed by atoms with Gasteiger partial charge < -0.3 is 12.9 Å². The first-order chi connectivity index (χ1) is 9.08. The van der Waals surface area contributed by atoms with Gasteiger partial charge in [-0.3, -0.25) is 0 Å². The average molecular weight is 304 g/mol. The number of alkyl halides is 3. The standard InChI is InChI=1S/C10H19N2.CBF6/c1-3-4-5-6-7-12-9-8-11(2)10-12;3-1(4,5)2(6,7)8/h8-10H,3-7H2,1-2H3;/q+1;-1. The van der Waals surface area contributed by atoms with Crippen LogP contribution in [0.2, 0.25) is 0 Å². The Kier molecular flexibility index (Phi) is 7.74. The molecule has 0 aliphatic carbocycles. The van der Waals surface area contributed by atoms with Crippen molar-refractivity contribution in [3.8, 4) is 0 Å². The lowest BCUT2D eigenvalue weighted by molar-refractivity contribution is -0.671. The van der Waals surface area contributed by atoms with Gasteiger partial charge in [-0.15, -0.1) is 0 Å². The van der Waals surface area contributed by atoms with Crippen molar-refractivity contribution >= 4 is 6.98 Å². The lowest BCUT2D eigenvalue weighted by Gasteiger charge is -2.16. The summed E-state index contributed by atoms with van der Waals surface area (Å²) in [6.45, 7) is -3.23. The second-order valence-corrected chi connectivity index (χ2v) is 4.49. The van der Waals surface area contributed by atoms with E-state index in [1.54, 1.807) is 0 Å². The Morgan fingerprint density at radius 3 is 2.00 bits per heavy atom. The maximum Gasteiger partial charge on any atom is 0.583 e. The Labute approximate surface area is 114 Å². The van der Waals surface area contributed by atoms with Crippen molar-refractivity contribution in [1.82, 2.24) is 4.57 Å². The highest BCUT2D eigenvalue weighted by Gasteiger charge is 2.53. The summed E-state index contributed by atoms with van der Waals surface area (Å²) in [6, 6.07) is 0. The molecule has 118 valence electrons. The van der Waals surface area contributed by atoms with E-state index in [-0.39, 0.29) is 0 Å². The first kappa shape index (κ1) is 18.9. The molecule has 1 aromatic heterocycles. The Morgan fingerprint density at radius 1 is 1.10 bits per heavy atom. The molecule has 0 N–H and O–H groups in total. The molecule has 0 aliphatic rings. The lowest BCUT2D eigenvalue weighted by Crippen LogP contribution is -2.37. The number of hydrogen-bond acceptors (Lipinski definition) is 0. The predicted octanol–water partition coefficient (Wildman–Crippen LogP) is 3.83. The fourth-order valence-corrected chi connectivity index (χ4v) is 1.36. The molecule has 0 saturated heterocycles. The molecule has 0 aliphatic heterocycles. The monoisotopic (exact) mass is 304 g/mol. The maximum absolute atomic E-state index is 10.5. The molecular formula is C11H19BF6N2. The molecule has 0 amide bonds. The van der Waals surface area contributed by atoms with Gasteiger partial charge in [-0.1, -0.05) is 19.8 Å². The molecule has 9 heteroatoms. The first-order valence-corrected chi connectivity index (χ1v) is 6.35. The number of imidazole rings is 1. The first-order valence-electron chi connectivity index (χ1n) is 6.35. The Morgan fingerprint density at radius 2 is 1.65 bits per heavy atom. The van der Waals surface area contributed by atoms with Crippen LogP contribution in [0.1, 0.15) is 32.6 Å². The molecule has 0 spiro atoms. The molecular weight excluding hydrogens is 285 g/mol. The summed E-state index contributed by atoms with van der Waals surface area (Å²) in [4.78, 5) is 0. The van der Waals surface area contributed by atoms with E-state index < -0.39 is 13.1 Å². The van der Waals surface area contributed by atoms with E-state index in [0.29, 0.717) is 0 Å². The van der Waals surface area contributed by atoms with Crippen LogP contribution in [0.5, 0.6) is 0 Å². The number of unbranched alkanes of at least 4 members (excludes halogenated alkanes) is 3. The van der Waals surface area contributed by atoms with E-state index >= 15 is 0 Å². The highest BCUT2D eigenvalue weighted by atomic mass is 19.4. The average Bonchev–Trinajstić information content (AvgIpc) is 2.69. The molecule has 20 heavy (non-hydrogen) atoms. The zero-order valence-electron chi connectivity index (χ0n) is 11.5. The molecule has 0 bridgehead atoms. The van der Waals surface area contributed by atoms with Crippen molar-refractivity contribution in [1.29, 1.82) is 0 Å². The van der Waals surface area contributed by atoms with Gasteiger partial charge in [-0.05, 0) is 12.8 Å². The van der Waals surface area contributed by atoms with Crippen molar-refractivity contribution in [2.75, 3.05) is 0 Å². The lowest BCUT2D eigenvalue weighted by atomic mass is 9.92. The summed E-state index contributed by atoms with van der Waals surface area (Å²) in [6.07, 6.45) is 5.70. The predicted molar refractivity (Wildman–Crippen MR) is 64.9 cm³/mol. The largest absolute Gasteiger partial charge is 0.583 e. The van der Waals surface area contributed by atoms with Crippen LogP contribution in [0.25, 0.3) is 0 Å². The summed E-state index contributed by atoms with van der Waals surface area (Å²) in [5.41, 5.74) is 0. The van der Waals surface area contributed by atoms with Crippen LogP contribution in [0.3, 0.4) is 0 Å². The third-order valence-electron chi connectivity index (χ3n) is 2.46. The maximum atomic E-state index is 10.5. The summed E-state index contributed by atoms with van der Waals surface area (Å²) in [5, 5.41) is 0. The van der Waals surface area contributed by atoms with Gasteiger partial charge in [0.1, 0.15) is 12.4 Å². The van der Waals surface area contributed by atoms with E-state index in [1.165, 1.54) is 32.2 Å². The van der Waals surface area contributed by atoms with Crippen molar-refractivity contribution in [2.24, 2.45) is 7.05 Å². The second kappa shape index (κ2) is 8.21. The fraction of sp³-hybridized carbons (Fsp3) is 0.727. The highest BCUT2D eigenvalue weighted by molar-refractivity contribution is 6.60. The van der Waals surface area contributed by atoms with Gasteiger partial charge in [-0.2, -0.15) is 0 Å². The molecule has 0 atom stereocenters. The van der Waals surface area contributed by atoms with E-state index in [0.717, 1.165) is 0 Å². The summed E-state index contributed by atoms with van der Waals surface area (Å²) >= 11 is 0. The molecule has 1 heterocycles. The van der Waals surface area contributed by atoms with E-state index in [2.05, 4.69) is 41.8 Å². The minimum absolute atomic E-state index is 1.17. The van der Waals surface area contributed by atoms with Crippen molar-refractivity contribution in [3.63, 3.8) is 0 Å². The van der Waals surface area contributed by atoms with Crippen LogP contribution in [-0.2, 0) is 13.6 Å². The number of nitrogens with zero attached hydrogens (tertiary/aromatic N) is 2. The van der Waals surface area contributed by atoms with Gasteiger partial charge in [-0.25, -0.2) is 22.3 Å². The summed E-state index contributed by atoms with van der Waals surface area (Å²) in [7, 11) is 2.06. The number of hydrogen-bond donors (Lipinski definition) is 0. The topological polar surface area (TPSA) is 8.81 Å². The summed E-state index contributed by atoms with van der Waals surface area (Å²) < 4.78 is 67.2. The van der Waals surface area contributed by atoms with Gasteiger partial charge in [0.25, 0.3) is 0 Å². The van der Waals surface area contributed by atoms with Crippen LogP contribution >= 0.6 is 0 Å². The molecule has 0 aromatic carbocycles. The number of aromatic nitrogens is 2.